The SMILES string of the molecule is COc1cc2c(cc1OC)[C@@H]1Cc3c(cc(OC)c(OC)c3Br)C(=O)N1CC2. The first-order valence-electron chi connectivity index (χ1n) is 9.03. The lowest BCUT2D eigenvalue weighted by Crippen LogP contribution is -2.44. The summed E-state index contributed by atoms with van der Waals surface area (Å²) in [7, 11) is 6.43. The Labute approximate surface area is 172 Å². The summed E-state index contributed by atoms with van der Waals surface area (Å²) in [6.45, 7) is 0.664. The number of methoxy groups -OCH3 is 4. The molecule has 1 atom stereocenters. The summed E-state index contributed by atoms with van der Waals surface area (Å²) >= 11 is 3.63. The van der Waals surface area contributed by atoms with Crippen LogP contribution in [0.5, 0.6) is 23.0 Å². The second-order valence-corrected chi connectivity index (χ2v) is 7.62. The highest BCUT2D eigenvalue weighted by Crippen LogP contribution is 2.47. The minimum atomic E-state index is -0.0574. The van der Waals surface area contributed by atoms with E-state index in [-0.39, 0.29) is 11.9 Å². The van der Waals surface area contributed by atoms with E-state index < -0.39 is 0 Å². The molecule has 0 radical (unpaired) electrons. The summed E-state index contributed by atoms with van der Waals surface area (Å²) in [5, 5.41) is 0. The molecule has 0 aromatic heterocycles. The second kappa shape index (κ2) is 7.20. The summed E-state index contributed by atoms with van der Waals surface area (Å²) in [5.41, 5.74) is 3.88. The highest BCUT2D eigenvalue weighted by atomic mass is 79.9. The first-order chi connectivity index (χ1) is 13.5. The molecule has 0 saturated heterocycles. The van der Waals surface area contributed by atoms with Gasteiger partial charge in [-0.2, -0.15) is 0 Å². The van der Waals surface area contributed by atoms with E-state index in [4.69, 9.17) is 18.9 Å². The lowest BCUT2D eigenvalue weighted by Gasteiger charge is -2.42. The van der Waals surface area contributed by atoms with Crippen LogP contribution in [0.3, 0.4) is 0 Å². The summed E-state index contributed by atoms with van der Waals surface area (Å²) in [6, 6.07) is 5.74. The molecule has 2 heterocycles. The normalized spacial score (nSPS) is 17.4. The number of hydrogen-bond acceptors (Lipinski definition) is 5. The van der Waals surface area contributed by atoms with Gasteiger partial charge in [-0.3, -0.25) is 4.79 Å². The summed E-state index contributed by atoms with van der Waals surface area (Å²) in [6.07, 6.45) is 1.46. The summed E-state index contributed by atoms with van der Waals surface area (Å²) in [5.74, 6) is 2.54. The molecule has 4 rings (SSSR count). The van der Waals surface area contributed by atoms with Gasteiger partial charge in [-0.15, -0.1) is 0 Å². The van der Waals surface area contributed by atoms with E-state index in [2.05, 4.69) is 15.9 Å². The van der Waals surface area contributed by atoms with Crippen LogP contribution in [0.25, 0.3) is 0 Å². The van der Waals surface area contributed by atoms with Crippen molar-refractivity contribution in [3.8, 4) is 23.0 Å². The molecular formula is C21H22BrNO5. The zero-order chi connectivity index (χ0) is 20.0. The van der Waals surface area contributed by atoms with Gasteiger partial charge in [0.2, 0.25) is 0 Å². The number of rotatable bonds is 4. The fraction of sp³-hybridized carbons (Fsp3) is 0.381. The lowest BCUT2D eigenvalue weighted by molar-refractivity contribution is 0.0630. The number of benzene rings is 2. The van der Waals surface area contributed by atoms with Crippen LogP contribution in [0.1, 0.15) is 33.1 Å². The van der Waals surface area contributed by atoms with Crippen LogP contribution in [-0.4, -0.2) is 45.8 Å². The van der Waals surface area contributed by atoms with Crippen molar-refractivity contribution in [3.63, 3.8) is 0 Å². The van der Waals surface area contributed by atoms with E-state index in [0.29, 0.717) is 41.5 Å². The largest absolute Gasteiger partial charge is 0.493 e. The van der Waals surface area contributed by atoms with E-state index in [0.717, 1.165) is 22.0 Å². The maximum atomic E-state index is 13.3. The molecule has 0 unspecified atom stereocenters. The Kier molecular flexibility index (Phi) is 4.87. The number of nitrogens with zero attached hydrogens (tertiary/aromatic N) is 1. The average molecular weight is 448 g/mol. The Balaban J connectivity index is 1.86. The van der Waals surface area contributed by atoms with Crippen molar-refractivity contribution >= 4 is 21.8 Å². The van der Waals surface area contributed by atoms with Gasteiger partial charge < -0.3 is 23.8 Å². The van der Waals surface area contributed by atoms with Gasteiger partial charge in [0.15, 0.2) is 23.0 Å². The summed E-state index contributed by atoms with van der Waals surface area (Å²) < 4.78 is 22.6. The fourth-order valence-electron chi connectivity index (χ4n) is 4.22. The Morgan fingerprint density at radius 2 is 1.64 bits per heavy atom. The molecule has 0 fully saturated rings. The summed E-state index contributed by atoms with van der Waals surface area (Å²) in [4.78, 5) is 15.3. The first-order valence-corrected chi connectivity index (χ1v) is 9.82. The van der Waals surface area contributed by atoms with Crippen molar-refractivity contribution in [2.75, 3.05) is 35.0 Å². The van der Waals surface area contributed by atoms with Crippen LogP contribution in [0.2, 0.25) is 0 Å². The van der Waals surface area contributed by atoms with Crippen molar-refractivity contribution in [2.45, 2.75) is 18.9 Å². The third kappa shape index (κ3) is 2.71. The van der Waals surface area contributed by atoms with Crippen LogP contribution in [-0.2, 0) is 12.8 Å². The molecule has 2 aromatic carbocycles. The highest BCUT2D eigenvalue weighted by molar-refractivity contribution is 9.10. The van der Waals surface area contributed by atoms with Crippen molar-refractivity contribution in [3.05, 3.63) is 44.9 Å². The third-order valence-electron chi connectivity index (χ3n) is 5.60. The Morgan fingerprint density at radius 1 is 0.964 bits per heavy atom. The van der Waals surface area contributed by atoms with Crippen LogP contribution >= 0.6 is 15.9 Å². The Morgan fingerprint density at radius 3 is 2.29 bits per heavy atom. The molecule has 0 spiro atoms. The maximum absolute atomic E-state index is 13.3. The van der Waals surface area contributed by atoms with E-state index in [1.165, 1.54) is 5.56 Å². The first kappa shape index (κ1) is 18.9. The minimum Gasteiger partial charge on any atom is -0.493 e. The average Bonchev–Trinajstić information content (AvgIpc) is 2.72. The quantitative estimate of drug-likeness (QED) is 0.713. The van der Waals surface area contributed by atoms with Gasteiger partial charge in [-0.1, -0.05) is 0 Å². The number of halogens is 1. The second-order valence-electron chi connectivity index (χ2n) is 6.83. The molecule has 28 heavy (non-hydrogen) atoms. The Bertz CT molecular complexity index is 959. The predicted octanol–water partition coefficient (Wildman–Crippen LogP) is 3.78. The number of ether oxygens (including phenoxy) is 4. The number of carbonyl (C=O) groups is 1. The topological polar surface area (TPSA) is 57.2 Å². The molecular weight excluding hydrogens is 426 g/mol. The smallest absolute Gasteiger partial charge is 0.254 e. The lowest BCUT2D eigenvalue weighted by atomic mass is 9.83. The molecule has 6 nitrogen and oxygen atoms in total. The van der Waals surface area contributed by atoms with Gasteiger partial charge in [0.05, 0.1) is 39.0 Å². The standard InChI is InChI=1S/C21H22BrNO5/c1-25-16-7-11-5-6-23-15(12(11)9-17(16)26-2)8-13-14(21(23)24)10-18(27-3)20(28-4)19(13)22/h7,9-10,15H,5-6,8H2,1-4H3/t15-/m0/s1. The molecule has 148 valence electrons. The molecule has 7 heteroatoms. The van der Waals surface area contributed by atoms with Gasteiger partial charge in [-0.25, -0.2) is 0 Å². The molecule has 2 aliphatic rings. The van der Waals surface area contributed by atoms with Crippen LogP contribution < -0.4 is 18.9 Å². The fourth-order valence-corrected chi connectivity index (χ4v) is 4.95. The van der Waals surface area contributed by atoms with Crippen LogP contribution in [0.4, 0.5) is 0 Å². The van der Waals surface area contributed by atoms with Gasteiger partial charge in [0.25, 0.3) is 5.91 Å². The third-order valence-corrected chi connectivity index (χ3v) is 6.44. The van der Waals surface area contributed by atoms with E-state index >= 15 is 0 Å². The Hall–Kier alpha value is -2.41. The van der Waals surface area contributed by atoms with Crippen molar-refractivity contribution in [2.24, 2.45) is 0 Å². The highest BCUT2D eigenvalue weighted by Gasteiger charge is 2.39. The molecule has 0 saturated carbocycles. The number of amides is 1. The molecule has 0 N–H and O–H groups in total. The molecule has 2 aromatic rings. The molecule has 0 aliphatic carbocycles. The molecule has 2 aliphatic heterocycles. The van der Waals surface area contributed by atoms with Crippen LogP contribution in [0, 0.1) is 0 Å². The molecule has 0 bridgehead atoms. The van der Waals surface area contributed by atoms with Gasteiger partial charge >= 0.3 is 0 Å². The number of carbonyl (C=O) groups excluding carboxylic acids is 1. The van der Waals surface area contributed by atoms with Crippen molar-refractivity contribution in [1.82, 2.24) is 4.90 Å². The number of hydrogen-bond donors (Lipinski definition) is 0. The monoisotopic (exact) mass is 447 g/mol. The zero-order valence-electron chi connectivity index (χ0n) is 16.3. The maximum Gasteiger partial charge on any atom is 0.254 e. The van der Waals surface area contributed by atoms with Crippen LogP contribution in [0.15, 0.2) is 22.7 Å². The van der Waals surface area contributed by atoms with Gasteiger partial charge in [-0.05, 0) is 63.7 Å². The van der Waals surface area contributed by atoms with Gasteiger partial charge in [0, 0.05) is 12.1 Å². The van der Waals surface area contributed by atoms with E-state index in [1.807, 2.05) is 17.0 Å². The predicted molar refractivity (Wildman–Crippen MR) is 108 cm³/mol. The zero-order valence-corrected chi connectivity index (χ0v) is 17.9. The minimum absolute atomic E-state index is 0.00772. The number of fused-ring (bicyclic) bond motifs is 4. The van der Waals surface area contributed by atoms with Crippen molar-refractivity contribution in [1.29, 1.82) is 0 Å². The van der Waals surface area contributed by atoms with Gasteiger partial charge in [0.1, 0.15) is 0 Å². The molecule has 1 amide bonds. The van der Waals surface area contributed by atoms with E-state index in [9.17, 15) is 4.79 Å². The van der Waals surface area contributed by atoms with Crippen molar-refractivity contribution < 1.29 is 23.7 Å². The van der Waals surface area contributed by atoms with E-state index in [1.54, 1.807) is 34.5 Å².